The third kappa shape index (κ3) is 8.24. The van der Waals surface area contributed by atoms with Gasteiger partial charge in [0.2, 0.25) is 17.8 Å². The largest absolute Gasteiger partial charge is 0.573 e. The number of pyridine rings is 1. The van der Waals surface area contributed by atoms with Gasteiger partial charge < -0.3 is 15.4 Å². The predicted molar refractivity (Wildman–Crippen MR) is 130 cm³/mol. The summed E-state index contributed by atoms with van der Waals surface area (Å²) in [6.45, 7) is 0.260. The fourth-order valence-corrected chi connectivity index (χ4v) is 3.11. The molecule has 0 fully saturated rings. The summed E-state index contributed by atoms with van der Waals surface area (Å²) < 4.78 is 93.8. The Kier molecular flexibility index (Phi) is 8.26. The van der Waals surface area contributed by atoms with Crippen LogP contribution in [-0.4, -0.2) is 32.5 Å². The van der Waals surface area contributed by atoms with Crippen LogP contribution >= 0.6 is 0 Å². The van der Waals surface area contributed by atoms with Crippen molar-refractivity contribution < 1.29 is 35.5 Å². The van der Waals surface area contributed by atoms with Gasteiger partial charge in [-0.3, -0.25) is 4.98 Å². The maximum absolute atomic E-state index is 13.7. The first-order chi connectivity index (χ1) is 18.9. The van der Waals surface area contributed by atoms with Crippen LogP contribution < -0.4 is 20.8 Å². The van der Waals surface area contributed by atoms with Crippen molar-refractivity contribution in [2.45, 2.75) is 19.1 Å². The fourth-order valence-electron chi connectivity index (χ4n) is 3.11. The highest BCUT2D eigenvalue weighted by Gasteiger charge is 2.34. The zero-order valence-corrected chi connectivity index (χ0v) is 19.9. The highest BCUT2D eigenvalue weighted by molar-refractivity contribution is 5.80. The highest BCUT2D eigenvalue weighted by Crippen LogP contribution is 2.33. The molecule has 2 heterocycles. The van der Waals surface area contributed by atoms with Gasteiger partial charge in [0.15, 0.2) is 0 Å². The summed E-state index contributed by atoms with van der Waals surface area (Å²) in [5, 5.41) is 9.45. The molecule has 2 aromatic heterocycles. The van der Waals surface area contributed by atoms with Gasteiger partial charge in [-0.15, -0.1) is 13.2 Å². The van der Waals surface area contributed by atoms with Crippen molar-refractivity contribution in [3.05, 3.63) is 89.5 Å². The molecule has 4 aromatic rings. The summed E-state index contributed by atoms with van der Waals surface area (Å²) in [5.41, 5.74) is 2.13. The molecule has 9 nitrogen and oxygen atoms in total. The quantitative estimate of drug-likeness (QED) is 0.126. The van der Waals surface area contributed by atoms with Crippen molar-refractivity contribution in [3.63, 3.8) is 0 Å². The van der Waals surface area contributed by atoms with Gasteiger partial charge in [0.1, 0.15) is 11.6 Å². The Morgan fingerprint density at radius 1 is 0.825 bits per heavy atom. The number of aromatic nitrogens is 4. The summed E-state index contributed by atoms with van der Waals surface area (Å²) in [4.78, 5) is 16.3. The lowest BCUT2D eigenvalue weighted by Crippen LogP contribution is -2.17. The number of nitrogens with one attached hydrogen (secondary N) is 3. The molecule has 0 amide bonds. The SMILES string of the molecule is Fc1ccc(Nc2nc(NCc3ccncc3)nc(N/N=C/c3ccc(OC(F)(F)F)cc3)n2)cc1C(F)(F)F. The number of alkyl halides is 6. The van der Waals surface area contributed by atoms with Gasteiger partial charge in [-0.25, -0.2) is 9.82 Å². The van der Waals surface area contributed by atoms with Crippen molar-refractivity contribution in [2.24, 2.45) is 5.10 Å². The molecule has 0 radical (unpaired) electrons. The normalized spacial score (nSPS) is 11.9. The summed E-state index contributed by atoms with van der Waals surface area (Å²) in [6, 6.07) is 10.6. The lowest BCUT2D eigenvalue weighted by atomic mass is 10.2. The maximum atomic E-state index is 13.7. The Balaban J connectivity index is 1.54. The minimum Gasteiger partial charge on any atom is -0.406 e. The number of anilines is 4. The van der Waals surface area contributed by atoms with Gasteiger partial charge in [-0.05, 0) is 65.7 Å². The van der Waals surface area contributed by atoms with Gasteiger partial charge in [0, 0.05) is 24.6 Å². The van der Waals surface area contributed by atoms with Gasteiger partial charge in [0.05, 0.1) is 11.8 Å². The second-order valence-corrected chi connectivity index (χ2v) is 7.82. The van der Waals surface area contributed by atoms with Crippen molar-refractivity contribution in [2.75, 3.05) is 16.1 Å². The van der Waals surface area contributed by atoms with Crippen molar-refractivity contribution in [1.82, 2.24) is 19.9 Å². The van der Waals surface area contributed by atoms with Crippen LogP contribution in [0.4, 0.5) is 54.3 Å². The molecule has 16 heteroatoms. The number of benzene rings is 2. The third-order valence-corrected chi connectivity index (χ3v) is 4.86. The van der Waals surface area contributed by atoms with E-state index in [-0.39, 0.29) is 30.1 Å². The smallest absolute Gasteiger partial charge is 0.406 e. The maximum Gasteiger partial charge on any atom is 0.573 e. The first-order valence-electron chi connectivity index (χ1n) is 11.1. The van der Waals surface area contributed by atoms with Gasteiger partial charge in [-0.2, -0.15) is 33.2 Å². The van der Waals surface area contributed by atoms with Crippen molar-refractivity contribution in [3.8, 4) is 5.75 Å². The lowest BCUT2D eigenvalue weighted by Gasteiger charge is -2.12. The van der Waals surface area contributed by atoms with E-state index in [0.29, 0.717) is 17.7 Å². The van der Waals surface area contributed by atoms with Gasteiger partial charge in [0.25, 0.3) is 0 Å². The van der Waals surface area contributed by atoms with Crippen LogP contribution in [0.3, 0.4) is 0 Å². The molecule has 0 aliphatic carbocycles. The molecule has 0 saturated carbocycles. The first kappa shape index (κ1) is 28.0. The summed E-state index contributed by atoms with van der Waals surface area (Å²) in [5.74, 6) is -2.17. The molecule has 0 aliphatic rings. The molecular formula is C24H17F7N8O. The number of hydrazone groups is 1. The molecule has 0 bridgehead atoms. The molecular weight excluding hydrogens is 549 g/mol. The standard InChI is InChI=1S/C24H17F7N8O/c25-19-6-3-16(11-18(19)23(26,27)28)35-21-36-20(33-12-15-7-9-32-10-8-15)37-22(38-21)39-34-13-14-1-4-17(5-2-14)40-24(29,30)31/h1-11,13H,12H2,(H3,33,35,36,37,38,39)/b34-13+. The van der Waals surface area contributed by atoms with Crippen LogP contribution in [0.15, 0.2) is 72.1 Å². The third-order valence-electron chi connectivity index (χ3n) is 4.86. The average molecular weight is 566 g/mol. The number of ether oxygens (including phenoxy) is 1. The molecule has 0 aliphatic heterocycles. The Morgan fingerprint density at radius 2 is 1.50 bits per heavy atom. The highest BCUT2D eigenvalue weighted by atomic mass is 19.4. The average Bonchev–Trinajstić information content (AvgIpc) is 2.89. The molecule has 208 valence electrons. The Bertz CT molecular complexity index is 1460. The van der Waals surface area contributed by atoms with Crippen LogP contribution in [0.25, 0.3) is 0 Å². The van der Waals surface area contributed by atoms with E-state index in [4.69, 9.17) is 0 Å². The molecule has 0 atom stereocenters. The van der Waals surface area contributed by atoms with Gasteiger partial charge in [-0.1, -0.05) is 0 Å². The molecule has 40 heavy (non-hydrogen) atoms. The van der Waals surface area contributed by atoms with Crippen LogP contribution in [0.2, 0.25) is 0 Å². The number of hydrogen-bond acceptors (Lipinski definition) is 9. The predicted octanol–water partition coefficient (Wildman–Crippen LogP) is 6.12. The Morgan fingerprint density at radius 3 is 2.17 bits per heavy atom. The minimum absolute atomic E-state index is 0.0128. The fraction of sp³-hybridized carbons (Fsp3) is 0.125. The van der Waals surface area contributed by atoms with Gasteiger partial charge >= 0.3 is 12.5 Å². The molecule has 0 saturated heterocycles. The molecule has 3 N–H and O–H groups in total. The molecule has 2 aromatic carbocycles. The number of halogens is 7. The number of nitrogens with zero attached hydrogens (tertiary/aromatic N) is 5. The van der Waals surface area contributed by atoms with Crippen LogP contribution in [-0.2, 0) is 12.7 Å². The number of hydrogen-bond donors (Lipinski definition) is 3. The van der Waals surface area contributed by atoms with Crippen molar-refractivity contribution in [1.29, 1.82) is 0 Å². The molecule has 0 spiro atoms. The second kappa shape index (κ2) is 11.8. The van der Waals surface area contributed by atoms with Crippen LogP contribution in [0.5, 0.6) is 5.75 Å². The zero-order chi connectivity index (χ0) is 28.8. The van der Waals surface area contributed by atoms with E-state index >= 15 is 0 Å². The second-order valence-electron chi connectivity index (χ2n) is 7.82. The first-order valence-corrected chi connectivity index (χ1v) is 11.1. The van der Waals surface area contributed by atoms with E-state index in [1.807, 2.05) is 0 Å². The number of rotatable bonds is 9. The topological polar surface area (TPSA) is 109 Å². The monoisotopic (exact) mass is 566 g/mol. The van der Waals surface area contributed by atoms with E-state index in [1.165, 1.54) is 18.3 Å². The zero-order valence-electron chi connectivity index (χ0n) is 19.9. The van der Waals surface area contributed by atoms with E-state index in [1.54, 1.807) is 24.5 Å². The summed E-state index contributed by atoms with van der Waals surface area (Å²) in [7, 11) is 0. The minimum atomic E-state index is -4.92. The van der Waals surface area contributed by atoms with E-state index < -0.39 is 29.7 Å². The van der Waals surface area contributed by atoms with E-state index in [2.05, 4.69) is 45.8 Å². The molecule has 4 rings (SSSR count). The summed E-state index contributed by atoms with van der Waals surface area (Å²) in [6.07, 6.45) is -5.33. The van der Waals surface area contributed by atoms with E-state index in [9.17, 15) is 30.7 Å². The lowest BCUT2D eigenvalue weighted by molar-refractivity contribution is -0.274. The van der Waals surface area contributed by atoms with Crippen molar-refractivity contribution >= 4 is 29.7 Å². The summed E-state index contributed by atoms with van der Waals surface area (Å²) >= 11 is 0. The van der Waals surface area contributed by atoms with Crippen LogP contribution in [0.1, 0.15) is 16.7 Å². The van der Waals surface area contributed by atoms with E-state index in [0.717, 1.165) is 23.8 Å². The van der Waals surface area contributed by atoms with Crippen LogP contribution in [0, 0.1) is 5.82 Å². The molecule has 0 unspecified atom stereocenters. The Labute approximate surface area is 221 Å². The Hall–Kier alpha value is -5.02.